The lowest BCUT2D eigenvalue weighted by Crippen LogP contribution is -2.28. The van der Waals surface area contributed by atoms with Crippen LogP contribution in [0.4, 0.5) is 5.69 Å². The van der Waals surface area contributed by atoms with Gasteiger partial charge in [0.25, 0.3) is 0 Å². The van der Waals surface area contributed by atoms with Crippen LogP contribution < -0.4 is 10.6 Å². The smallest absolute Gasteiger partial charge is 0.240 e. The monoisotopic (exact) mass is 395 g/mol. The van der Waals surface area contributed by atoms with Gasteiger partial charge in [0.2, 0.25) is 11.8 Å². The van der Waals surface area contributed by atoms with E-state index in [1.54, 1.807) is 24.3 Å². The number of Topliss-reactive ketones (excluding diaryl/α,β-unsaturated/α-hetero) is 1. The first-order chi connectivity index (χ1) is 13.5. The predicted octanol–water partition coefficient (Wildman–Crippen LogP) is 3.05. The zero-order valence-corrected chi connectivity index (χ0v) is 16.3. The van der Waals surface area contributed by atoms with Crippen molar-refractivity contribution in [2.45, 2.75) is 25.0 Å². The van der Waals surface area contributed by atoms with Gasteiger partial charge in [-0.2, -0.15) is 0 Å². The van der Waals surface area contributed by atoms with Crippen molar-refractivity contribution in [1.29, 1.82) is 0 Å². The summed E-state index contributed by atoms with van der Waals surface area (Å²) in [5.41, 5.74) is 2.25. The molecule has 1 unspecified atom stereocenters. The minimum atomic E-state index is -0.508. The Morgan fingerprint density at radius 3 is 2.68 bits per heavy atom. The quantitative estimate of drug-likeness (QED) is 0.706. The van der Waals surface area contributed by atoms with E-state index in [0.29, 0.717) is 23.0 Å². The third-order valence-corrected chi connectivity index (χ3v) is 5.32. The van der Waals surface area contributed by atoms with Crippen LogP contribution in [-0.2, 0) is 16.0 Å². The molecule has 0 aliphatic carbocycles. The summed E-state index contributed by atoms with van der Waals surface area (Å²) < 4.78 is 0. The van der Waals surface area contributed by atoms with Gasteiger partial charge in [0, 0.05) is 24.2 Å². The van der Waals surface area contributed by atoms with Crippen LogP contribution in [0.15, 0.2) is 59.6 Å². The Hall–Kier alpha value is -2.93. The molecule has 1 heterocycles. The fourth-order valence-corrected chi connectivity index (χ4v) is 3.74. The standard InChI is InChI=1S/C21H21N3O3S/c1-14(25)16-8-5-9-17(12-16)23-19(26)13-18-20(27)24-21(28-18)22-11-10-15-6-3-2-4-7-15/h2-9,12,18H,10-11,13H2,1H3,(H,23,26)(H,22,24,27). The maximum absolute atomic E-state index is 12.3. The molecule has 3 rings (SSSR count). The van der Waals surface area contributed by atoms with E-state index in [1.807, 2.05) is 30.3 Å². The zero-order chi connectivity index (χ0) is 19.9. The Morgan fingerprint density at radius 2 is 1.93 bits per heavy atom. The molecule has 0 saturated carbocycles. The van der Waals surface area contributed by atoms with Crippen LogP contribution in [0.25, 0.3) is 0 Å². The minimum Gasteiger partial charge on any atom is -0.326 e. The number of ketones is 1. The molecule has 0 radical (unpaired) electrons. The lowest BCUT2D eigenvalue weighted by Gasteiger charge is -2.08. The SMILES string of the molecule is CC(=O)c1cccc(NC(=O)CC2SC(=NCCc3ccccc3)NC2=O)c1. The van der Waals surface area contributed by atoms with Gasteiger partial charge >= 0.3 is 0 Å². The highest BCUT2D eigenvalue weighted by Crippen LogP contribution is 2.23. The van der Waals surface area contributed by atoms with Crippen LogP contribution in [0.3, 0.4) is 0 Å². The normalized spacial score (nSPS) is 17.4. The van der Waals surface area contributed by atoms with Gasteiger partial charge in [-0.1, -0.05) is 54.2 Å². The molecule has 1 saturated heterocycles. The van der Waals surface area contributed by atoms with Gasteiger partial charge in [-0.25, -0.2) is 0 Å². The van der Waals surface area contributed by atoms with Gasteiger partial charge in [0.05, 0.1) is 0 Å². The molecule has 0 spiro atoms. The summed E-state index contributed by atoms with van der Waals surface area (Å²) in [5.74, 6) is -0.562. The van der Waals surface area contributed by atoms with Crippen LogP contribution >= 0.6 is 11.8 Å². The third kappa shape index (κ3) is 5.53. The summed E-state index contributed by atoms with van der Waals surface area (Å²) in [6, 6.07) is 16.7. The molecule has 1 atom stereocenters. The maximum Gasteiger partial charge on any atom is 0.240 e. The van der Waals surface area contributed by atoms with Crippen LogP contribution in [0.2, 0.25) is 0 Å². The Kier molecular flexibility index (Phi) is 6.60. The number of nitrogens with one attached hydrogen (secondary N) is 2. The number of hydrogen-bond acceptors (Lipinski definition) is 5. The van der Waals surface area contributed by atoms with Gasteiger partial charge in [0.15, 0.2) is 11.0 Å². The van der Waals surface area contributed by atoms with Crippen molar-refractivity contribution < 1.29 is 14.4 Å². The van der Waals surface area contributed by atoms with Gasteiger partial charge in [0.1, 0.15) is 5.25 Å². The second-order valence-corrected chi connectivity index (χ2v) is 7.60. The summed E-state index contributed by atoms with van der Waals surface area (Å²) >= 11 is 1.28. The zero-order valence-electron chi connectivity index (χ0n) is 15.5. The number of carbonyl (C=O) groups excluding carboxylic acids is 3. The van der Waals surface area contributed by atoms with Crippen LogP contribution in [0.1, 0.15) is 29.3 Å². The van der Waals surface area contributed by atoms with Crippen LogP contribution in [0.5, 0.6) is 0 Å². The Balaban J connectivity index is 1.51. The molecule has 28 heavy (non-hydrogen) atoms. The van der Waals surface area contributed by atoms with E-state index >= 15 is 0 Å². The van der Waals surface area contributed by atoms with E-state index in [2.05, 4.69) is 15.6 Å². The lowest BCUT2D eigenvalue weighted by atomic mass is 10.1. The maximum atomic E-state index is 12.3. The summed E-state index contributed by atoms with van der Waals surface area (Å²) in [7, 11) is 0. The first-order valence-electron chi connectivity index (χ1n) is 8.98. The average molecular weight is 395 g/mol. The number of benzene rings is 2. The molecule has 1 aliphatic heterocycles. The van der Waals surface area contributed by atoms with Crippen LogP contribution in [-0.4, -0.2) is 34.6 Å². The number of thioether (sulfide) groups is 1. The van der Waals surface area contributed by atoms with E-state index in [4.69, 9.17) is 0 Å². The minimum absolute atomic E-state index is 0.0402. The van der Waals surface area contributed by atoms with Crippen molar-refractivity contribution >= 4 is 40.2 Å². The molecular weight excluding hydrogens is 374 g/mol. The fourth-order valence-electron chi connectivity index (χ4n) is 2.74. The summed E-state index contributed by atoms with van der Waals surface area (Å²) in [6.45, 7) is 2.04. The van der Waals surface area contributed by atoms with Crippen LogP contribution in [0, 0.1) is 0 Å². The Bertz CT molecular complexity index is 912. The highest BCUT2D eigenvalue weighted by atomic mass is 32.2. The van der Waals surface area contributed by atoms with E-state index < -0.39 is 5.25 Å². The van der Waals surface area contributed by atoms with Crippen molar-refractivity contribution in [2.24, 2.45) is 4.99 Å². The fraction of sp³-hybridized carbons (Fsp3) is 0.238. The molecule has 0 bridgehead atoms. The van der Waals surface area contributed by atoms with Gasteiger partial charge in [-0.15, -0.1) is 0 Å². The van der Waals surface area contributed by atoms with Gasteiger partial charge in [-0.05, 0) is 31.0 Å². The molecule has 2 aromatic carbocycles. The summed E-state index contributed by atoms with van der Waals surface area (Å²) in [5, 5.41) is 5.52. The highest BCUT2D eigenvalue weighted by molar-refractivity contribution is 8.15. The molecular formula is C21H21N3O3S. The average Bonchev–Trinajstić information content (AvgIpc) is 3.02. The largest absolute Gasteiger partial charge is 0.326 e. The van der Waals surface area contributed by atoms with Crippen molar-refractivity contribution in [3.05, 3.63) is 65.7 Å². The molecule has 2 amide bonds. The Labute approximate surface area is 167 Å². The molecule has 1 aliphatic rings. The first kappa shape index (κ1) is 19.8. The third-order valence-electron chi connectivity index (χ3n) is 4.20. The number of aliphatic imine (C=N–C) groups is 1. The number of carbonyl (C=O) groups is 3. The van der Waals surface area contributed by atoms with E-state index in [1.165, 1.54) is 24.2 Å². The molecule has 0 aromatic heterocycles. The highest BCUT2D eigenvalue weighted by Gasteiger charge is 2.31. The molecule has 1 fully saturated rings. The van der Waals surface area contributed by atoms with E-state index in [9.17, 15) is 14.4 Å². The van der Waals surface area contributed by atoms with Gasteiger partial charge < -0.3 is 10.6 Å². The van der Waals surface area contributed by atoms with E-state index in [-0.39, 0.29) is 24.0 Å². The Morgan fingerprint density at radius 1 is 1.14 bits per heavy atom. The molecule has 2 N–H and O–H groups in total. The number of amides is 2. The van der Waals surface area contributed by atoms with Crippen molar-refractivity contribution in [3.8, 4) is 0 Å². The van der Waals surface area contributed by atoms with Crippen molar-refractivity contribution in [3.63, 3.8) is 0 Å². The molecule has 7 heteroatoms. The summed E-state index contributed by atoms with van der Waals surface area (Å²) in [6.07, 6.45) is 0.830. The topological polar surface area (TPSA) is 87.6 Å². The van der Waals surface area contributed by atoms with E-state index in [0.717, 1.165) is 6.42 Å². The number of rotatable bonds is 7. The second-order valence-electron chi connectivity index (χ2n) is 6.41. The number of anilines is 1. The molecule has 144 valence electrons. The first-order valence-corrected chi connectivity index (χ1v) is 9.86. The summed E-state index contributed by atoms with van der Waals surface area (Å²) in [4.78, 5) is 40.2. The number of nitrogens with zero attached hydrogens (tertiary/aromatic N) is 1. The number of amidine groups is 1. The lowest BCUT2D eigenvalue weighted by molar-refractivity contribution is -0.122. The van der Waals surface area contributed by atoms with Gasteiger partial charge in [-0.3, -0.25) is 19.4 Å². The second kappa shape index (κ2) is 9.32. The number of hydrogen-bond donors (Lipinski definition) is 2. The molecule has 2 aromatic rings. The van der Waals surface area contributed by atoms with Crippen molar-refractivity contribution in [2.75, 3.05) is 11.9 Å². The van der Waals surface area contributed by atoms with Crippen molar-refractivity contribution in [1.82, 2.24) is 5.32 Å². The molecule has 6 nitrogen and oxygen atoms in total. The predicted molar refractivity (Wildman–Crippen MR) is 112 cm³/mol.